The van der Waals surface area contributed by atoms with Gasteiger partial charge in [-0.2, -0.15) is 0 Å². The highest BCUT2D eigenvalue weighted by Crippen LogP contribution is 2.29. The summed E-state index contributed by atoms with van der Waals surface area (Å²) in [5, 5.41) is 0.618. The first kappa shape index (κ1) is 16.9. The highest BCUT2D eigenvalue weighted by molar-refractivity contribution is 7.16. The molecule has 26 heavy (non-hydrogen) atoms. The van der Waals surface area contributed by atoms with Crippen molar-refractivity contribution in [2.75, 3.05) is 19.7 Å². The number of morpholine rings is 1. The quantitative estimate of drug-likeness (QED) is 0.696. The van der Waals surface area contributed by atoms with Gasteiger partial charge in [-0.05, 0) is 18.2 Å². The van der Waals surface area contributed by atoms with Crippen LogP contribution in [0.2, 0.25) is 0 Å². The molecule has 134 valence electrons. The van der Waals surface area contributed by atoms with Gasteiger partial charge in [0, 0.05) is 18.2 Å². The first-order valence-corrected chi connectivity index (χ1v) is 8.79. The maximum absolute atomic E-state index is 14.0. The molecule has 2 aromatic heterocycles. The average molecular weight is 376 g/mol. The predicted octanol–water partition coefficient (Wildman–Crippen LogP) is 3.90. The third kappa shape index (κ3) is 3.25. The molecule has 5 nitrogen and oxygen atoms in total. The smallest absolute Gasteiger partial charge is 0.265 e. The summed E-state index contributed by atoms with van der Waals surface area (Å²) in [5.41, 5.74) is 0.240. The van der Waals surface area contributed by atoms with Gasteiger partial charge in [0.25, 0.3) is 5.91 Å². The lowest BCUT2D eigenvalue weighted by atomic mass is 10.1. The number of furan rings is 1. The number of hydrogen-bond donors (Lipinski definition) is 0. The van der Waals surface area contributed by atoms with Gasteiger partial charge in [-0.25, -0.2) is 13.8 Å². The van der Waals surface area contributed by atoms with E-state index in [1.54, 1.807) is 23.3 Å². The second-order valence-electron chi connectivity index (χ2n) is 5.78. The number of carbonyl (C=O) groups excluding carboxylic acids is 1. The number of halogens is 2. The van der Waals surface area contributed by atoms with E-state index >= 15 is 0 Å². The van der Waals surface area contributed by atoms with Gasteiger partial charge in [0.05, 0.1) is 25.6 Å². The summed E-state index contributed by atoms with van der Waals surface area (Å²) in [6, 6.07) is 6.88. The molecule has 8 heteroatoms. The second kappa shape index (κ2) is 6.97. The highest BCUT2D eigenvalue weighted by atomic mass is 32.1. The lowest BCUT2D eigenvalue weighted by molar-refractivity contribution is -0.0241. The van der Waals surface area contributed by atoms with Crippen molar-refractivity contribution in [3.63, 3.8) is 0 Å². The lowest BCUT2D eigenvalue weighted by Gasteiger charge is -2.33. The van der Waals surface area contributed by atoms with Gasteiger partial charge in [0.1, 0.15) is 22.6 Å². The summed E-state index contributed by atoms with van der Waals surface area (Å²) in [6.07, 6.45) is 2.42. The number of hydrogen-bond acceptors (Lipinski definition) is 5. The van der Waals surface area contributed by atoms with Gasteiger partial charge in [-0.3, -0.25) is 4.79 Å². The van der Waals surface area contributed by atoms with Crippen LogP contribution in [0.4, 0.5) is 8.78 Å². The Labute approximate surface area is 151 Å². The average Bonchev–Trinajstić information content (AvgIpc) is 3.32. The van der Waals surface area contributed by atoms with Crippen molar-refractivity contribution in [1.29, 1.82) is 0 Å². The fourth-order valence-corrected chi connectivity index (χ4v) is 3.68. The van der Waals surface area contributed by atoms with Crippen LogP contribution >= 0.6 is 11.3 Å². The molecule has 1 aliphatic rings. The third-order valence-electron chi connectivity index (χ3n) is 4.11. The molecule has 3 aromatic rings. The van der Waals surface area contributed by atoms with Gasteiger partial charge in [-0.1, -0.05) is 6.07 Å². The Morgan fingerprint density at radius 2 is 2.19 bits per heavy atom. The van der Waals surface area contributed by atoms with Gasteiger partial charge < -0.3 is 14.1 Å². The second-order valence-corrected chi connectivity index (χ2v) is 6.81. The van der Waals surface area contributed by atoms with E-state index in [0.29, 0.717) is 22.2 Å². The summed E-state index contributed by atoms with van der Waals surface area (Å²) >= 11 is 1.23. The molecule has 1 fully saturated rings. The van der Waals surface area contributed by atoms with Crippen molar-refractivity contribution >= 4 is 17.2 Å². The molecule has 1 saturated heterocycles. The normalized spacial score (nSPS) is 17.5. The van der Waals surface area contributed by atoms with Gasteiger partial charge >= 0.3 is 0 Å². The largest absolute Gasteiger partial charge is 0.462 e. The van der Waals surface area contributed by atoms with Crippen LogP contribution in [0.1, 0.15) is 21.3 Å². The fraction of sp³-hybridized carbons (Fsp3) is 0.222. The minimum absolute atomic E-state index is 0.190. The molecule has 3 heterocycles. The Morgan fingerprint density at radius 3 is 2.96 bits per heavy atom. The maximum Gasteiger partial charge on any atom is 0.265 e. The first-order valence-electron chi connectivity index (χ1n) is 7.97. The van der Waals surface area contributed by atoms with Crippen molar-refractivity contribution in [2.45, 2.75) is 6.10 Å². The number of thiazole rings is 1. The van der Waals surface area contributed by atoms with E-state index in [1.165, 1.54) is 29.7 Å². The van der Waals surface area contributed by atoms with Crippen molar-refractivity contribution in [1.82, 2.24) is 9.88 Å². The zero-order valence-electron chi connectivity index (χ0n) is 13.5. The van der Waals surface area contributed by atoms with E-state index < -0.39 is 17.7 Å². The van der Waals surface area contributed by atoms with Crippen LogP contribution < -0.4 is 0 Å². The molecule has 1 aliphatic heterocycles. The number of rotatable bonds is 3. The van der Waals surface area contributed by atoms with Crippen LogP contribution in [0, 0.1) is 11.6 Å². The molecule has 1 unspecified atom stereocenters. The summed E-state index contributed by atoms with van der Waals surface area (Å²) in [4.78, 5) is 19.0. The molecule has 0 saturated carbocycles. The molecule has 1 aromatic carbocycles. The first-order chi connectivity index (χ1) is 12.6. The Hall–Kier alpha value is -2.58. The number of ether oxygens (including phenoxy) is 1. The number of carbonyl (C=O) groups is 1. The molecule has 0 N–H and O–H groups in total. The molecule has 1 atom stereocenters. The number of aromatic nitrogens is 1. The topological polar surface area (TPSA) is 55.6 Å². The van der Waals surface area contributed by atoms with E-state index in [1.807, 2.05) is 0 Å². The van der Waals surface area contributed by atoms with Crippen LogP contribution in [0.3, 0.4) is 0 Å². The van der Waals surface area contributed by atoms with E-state index in [-0.39, 0.29) is 24.6 Å². The molecule has 0 spiro atoms. The van der Waals surface area contributed by atoms with Gasteiger partial charge in [-0.15, -0.1) is 11.3 Å². The van der Waals surface area contributed by atoms with E-state index in [4.69, 9.17) is 9.15 Å². The van der Waals surface area contributed by atoms with E-state index in [0.717, 1.165) is 6.07 Å². The molecular formula is C18H14F2N2O3S. The standard InChI is InChI=1S/C18H14F2N2O3S/c19-11-3-4-12(13(20)8-11)15-10-22(5-7-25-15)18(23)16-9-21-17(26-16)14-2-1-6-24-14/h1-4,6,8-9,15H,5,7,10H2. The van der Waals surface area contributed by atoms with Gasteiger partial charge in [0.2, 0.25) is 0 Å². The van der Waals surface area contributed by atoms with Crippen molar-refractivity contribution in [2.24, 2.45) is 0 Å². The number of amides is 1. The Bertz CT molecular complexity index is 926. The summed E-state index contributed by atoms with van der Waals surface area (Å²) < 4.78 is 38.0. The van der Waals surface area contributed by atoms with E-state index in [2.05, 4.69) is 4.98 Å². The Balaban J connectivity index is 1.51. The van der Waals surface area contributed by atoms with Crippen LogP contribution in [0.25, 0.3) is 10.8 Å². The summed E-state index contributed by atoms with van der Waals surface area (Å²) in [5.74, 6) is -0.925. The zero-order valence-corrected chi connectivity index (χ0v) is 14.3. The van der Waals surface area contributed by atoms with Gasteiger partial charge in [0.15, 0.2) is 10.8 Å². The van der Waals surface area contributed by atoms with Crippen molar-refractivity contribution < 1.29 is 22.7 Å². The molecule has 4 rings (SSSR count). The minimum Gasteiger partial charge on any atom is -0.462 e. The van der Waals surface area contributed by atoms with Crippen LogP contribution in [0.5, 0.6) is 0 Å². The summed E-state index contributed by atoms with van der Waals surface area (Å²) in [6.45, 7) is 0.860. The predicted molar refractivity (Wildman–Crippen MR) is 90.8 cm³/mol. The van der Waals surface area contributed by atoms with Crippen LogP contribution in [-0.2, 0) is 4.74 Å². The van der Waals surface area contributed by atoms with Crippen LogP contribution in [0.15, 0.2) is 47.2 Å². The molecule has 0 aliphatic carbocycles. The molecular weight excluding hydrogens is 362 g/mol. The maximum atomic E-state index is 14.0. The van der Waals surface area contributed by atoms with E-state index in [9.17, 15) is 13.6 Å². The highest BCUT2D eigenvalue weighted by Gasteiger charge is 2.29. The summed E-state index contributed by atoms with van der Waals surface area (Å²) in [7, 11) is 0. The number of nitrogens with zero attached hydrogens (tertiary/aromatic N) is 2. The molecule has 1 amide bonds. The van der Waals surface area contributed by atoms with Crippen LogP contribution in [-0.4, -0.2) is 35.5 Å². The Morgan fingerprint density at radius 1 is 1.31 bits per heavy atom. The number of benzene rings is 1. The minimum atomic E-state index is -0.679. The fourth-order valence-electron chi connectivity index (χ4n) is 2.83. The van der Waals surface area contributed by atoms with Crippen molar-refractivity contribution in [3.05, 3.63) is 64.9 Å². The lowest BCUT2D eigenvalue weighted by Crippen LogP contribution is -2.42. The Kier molecular flexibility index (Phi) is 4.52. The zero-order chi connectivity index (χ0) is 18.1. The molecule has 0 bridgehead atoms. The monoisotopic (exact) mass is 376 g/mol. The SMILES string of the molecule is O=C(c1cnc(-c2ccco2)s1)N1CCOC(c2ccc(F)cc2F)C1. The van der Waals surface area contributed by atoms with Crippen molar-refractivity contribution in [3.8, 4) is 10.8 Å². The molecule has 0 radical (unpaired) electrons. The third-order valence-corrected chi connectivity index (χ3v) is 5.11.